The maximum absolute atomic E-state index is 12.8. The predicted molar refractivity (Wildman–Crippen MR) is 68.8 cm³/mol. The van der Waals surface area contributed by atoms with E-state index in [1.165, 1.54) is 0 Å². The Balaban J connectivity index is 2.26. The summed E-state index contributed by atoms with van der Waals surface area (Å²) in [6.07, 6.45) is -5.60. The summed E-state index contributed by atoms with van der Waals surface area (Å²) < 4.78 is 38.3. The lowest BCUT2D eigenvalue weighted by Crippen LogP contribution is -2.28. The van der Waals surface area contributed by atoms with Crippen LogP contribution in [0, 0.1) is 6.92 Å². The molecule has 1 atom stereocenters. The quantitative estimate of drug-likeness (QED) is 0.850. The third-order valence-corrected chi connectivity index (χ3v) is 3.73. The smallest absolute Gasteiger partial charge is 0.401 e. The maximum atomic E-state index is 12.8. The molecule has 108 valence electrons. The highest BCUT2D eigenvalue weighted by Gasteiger charge is 2.42. The van der Waals surface area contributed by atoms with Crippen LogP contribution in [-0.2, 0) is 4.79 Å². The first-order chi connectivity index (χ1) is 9.25. The van der Waals surface area contributed by atoms with Crippen molar-refractivity contribution < 1.29 is 23.1 Å². The van der Waals surface area contributed by atoms with Crippen LogP contribution in [0.25, 0.3) is 11.0 Å². The van der Waals surface area contributed by atoms with E-state index in [4.69, 9.17) is 5.11 Å². The number of fused-ring (bicyclic) bond motifs is 1. The fraction of sp³-hybridized carbons (Fsp3) is 0.333. The number of halogens is 3. The van der Waals surface area contributed by atoms with Crippen LogP contribution in [0.5, 0.6) is 0 Å². The predicted octanol–water partition coefficient (Wildman–Crippen LogP) is 3.37. The van der Waals surface area contributed by atoms with Gasteiger partial charge in [-0.15, -0.1) is 0 Å². The monoisotopic (exact) mass is 304 g/mol. The lowest BCUT2D eigenvalue weighted by atomic mass is 10.2. The molecule has 1 heterocycles. The van der Waals surface area contributed by atoms with Crippen LogP contribution in [-0.4, -0.2) is 32.5 Å². The average molecular weight is 304 g/mol. The number of thioether (sulfide) groups is 1. The number of aromatic amines is 1. The van der Waals surface area contributed by atoms with Crippen molar-refractivity contribution in [1.29, 1.82) is 0 Å². The summed E-state index contributed by atoms with van der Waals surface area (Å²) in [5.41, 5.74) is 2.13. The Hall–Kier alpha value is -1.70. The molecule has 4 nitrogen and oxygen atoms in total. The zero-order valence-electron chi connectivity index (χ0n) is 10.4. The topological polar surface area (TPSA) is 66.0 Å². The molecule has 0 bridgehead atoms. The van der Waals surface area contributed by atoms with Gasteiger partial charge in [0.1, 0.15) is 5.25 Å². The molecule has 2 aromatic rings. The third-order valence-electron chi connectivity index (χ3n) is 2.59. The van der Waals surface area contributed by atoms with Gasteiger partial charge in [0, 0.05) is 0 Å². The molecule has 0 radical (unpaired) electrons. The van der Waals surface area contributed by atoms with Gasteiger partial charge in [-0.25, -0.2) is 4.98 Å². The highest BCUT2D eigenvalue weighted by Crippen LogP contribution is 2.36. The summed E-state index contributed by atoms with van der Waals surface area (Å²) in [5.74, 6) is -1.49. The summed E-state index contributed by atoms with van der Waals surface area (Å²) in [7, 11) is 0. The molecule has 0 fully saturated rings. The largest absolute Gasteiger partial charge is 0.481 e. The second-order valence-electron chi connectivity index (χ2n) is 4.31. The van der Waals surface area contributed by atoms with Crippen molar-refractivity contribution >= 4 is 28.8 Å². The molecule has 2 N–H and O–H groups in total. The van der Waals surface area contributed by atoms with Crippen LogP contribution in [0.2, 0.25) is 0 Å². The highest BCUT2D eigenvalue weighted by molar-refractivity contribution is 7.99. The summed E-state index contributed by atoms with van der Waals surface area (Å²) >= 11 is 0.383. The Labute approximate surface area is 116 Å². The molecule has 0 amide bonds. The molecule has 0 aliphatic heterocycles. The minimum atomic E-state index is -4.60. The molecule has 1 aromatic heterocycles. The van der Waals surface area contributed by atoms with E-state index in [0.717, 1.165) is 5.56 Å². The van der Waals surface area contributed by atoms with Crippen LogP contribution < -0.4 is 0 Å². The maximum Gasteiger partial charge on any atom is 0.401 e. The number of hydrogen-bond donors (Lipinski definition) is 2. The zero-order chi connectivity index (χ0) is 14.9. The van der Waals surface area contributed by atoms with Crippen LogP contribution >= 0.6 is 11.8 Å². The molecule has 1 unspecified atom stereocenters. The van der Waals surface area contributed by atoms with E-state index in [1.807, 2.05) is 6.92 Å². The Bertz CT molecular complexity index is 639. The zero-order valence-corrected chi connectivity index (χ0v) is 11.2. The first-order valence-corrected chi connectivity index (χ1v) is 6.55. The summed E-state index contributed by atoms with van der Waals surface area (Å²) in [5, 5.41) is 6.60. The second-order valence-corrected chi connectivity index (χ2v) is 5.50. The van der Waals surface area contributed by atoms with Gasteiger partial charge in [0.2, 0.25) is 0 Å². The van der Waals surface area contributed by atoms with Crippen molar-refractivity contribution in [3.8, 4) is 0 Å². The fourth-order valence-electron chi connectivity index (χ4n) is 1.67. The van der Waals surface area contributed by atoms with Crippen LogP contribution in [0.4, 0.5) is 13.2 Å². The number of carbonyl (C=O) groups is 1. The molecule has 0 saturated carbocycles. The number of alkyl halides is 3. The number of H-pyrrole nitrogens is 1. The Morgan fingerprint density at radius 1 is 1.50 bits per heavy atom. The molecule has 0 aliphatic rings. The lowest BCUT2D eigenvalue weighted by Gasteiger charge is -2.16. The number of aliphatic carboxylic acids is 1. The molecule has 0 saturated heterocycles. The van der Waals surface area contributed by atoms with Crippen molar-refractivity contribution in [3.05, 3.63) is 23.8 Å². The summed E-state index contributed by atoms with van der Waals surface area (Å²) in [6, 6.07) is 5.27. The number of benzene rings is 1. The Morgan fingerprint density at radius 3 is 2.80 bits per heavy atom. The summed E-state index contributed by atoms with van der Waals surface area (Å²) in [6.45, 7) is 1.86. The summed E-state index contributed by atoms with van der Waals surface area (Å²) in [4.78, 5) is 17.3. The molecule has 20 heavy (non-hydrogen) atoms. The average Bonchev–Trinajstić information content (AvgIpc) is 2.67. The van der Waals surface area contributed by atoms with Crippen LogP contribution in [0.15, 0.2) is 23.4 Å². The first kappa shape index (κ1) is 14.7. The van der Waals surface area contributed by atoms with Gasteiger partial charge < -0.3 is 10.1 Å². The van der Waals surface area contributed by atoms with E-state index in [-0.39, 0.29) is 5.16 Å². The van der Waals surface area contributed by atoms with E-state index in [0.29, 0.717) is 22.8 Å². The number of carboxylic acids is 1. The number of aryl methyl sites for hydroxylation is 1. The number of nitrogens with one attached hydrogen (secondary N) is 1. The second kappa shape index (κ2) is 5.35. The van der Waals surface area contributed by atoms with Gasteiger partial charge in [0.15, 0.2) is 5.16 Å². The number of hydrogen-bond acceptors (Lipinski definition) is 3. The minimum Gasteiger partial charge on any atom is -0.481 e. The number of imidazole rings is 1. The Morgan fingerprint density at radius 2 is 2.20 bits per heavy atom. The van der Waals surface area contributed by atoms with Gasteiger partial charge in [0.25, 0.3) is 0 Å². The van der Waals surface area contributed by atoms with Crippen LogP contribution in [0.1, 0.15) is 12.0 Å². The van der Waals surface area contributed by atoms with Crippen molar-refractivity contribution in [3.63, 3.8) is 0 Å². The van der Waals surface area contributed by atoms with E-state index < -0.39 is 23.8 Å². The minimum absolute atomic E-state index is 0.0641. The third kappa shape index (κ3) is 3.44. The highest BCUT2D eigenvalue weighted by atomic mass is 32.2. The lowest BCUT2D eigenvalue weighted by molar-refractivity contribution is -0.149. The molecule has 0 spiro atoms. The first-order valence-electron chi connectivity index (χ1n) is 5.67. The number of carboxylic acid groups (broad SMARTS) is 1. The molecule has 8 heteroatoms. The van der Waals surface area contributed by atoms with Crippen molar-refractivity contribution in [1.82, 2.24) is 9.97 Å². The van der Waals surface area contributed by atoms with Gasteiger partial charge in [-0.2, -0.15) is 13.2 Å². The van der Waals surface area contributed by atoms with Crippen molar-refractivity contribution in [2.24, 2.45) is 0 Å². The van der Waals surface area contributed by atoms with E-state index in [1.54, 1.807) is 18.2 Å². The molecule has 2 rings (SSSR count). The van der Waals surface area contributed by atoms with Gasteiger partial charge >= 0.3 is 12.1 Å². The molecular weight excluding hydrogens is 293 g/mol. The normalized spacial score (nSPS) is 13.6. The molecule has 1 aromatic carbocycles. The standard InChI is InChI=1S/C12H11F3N2O2S/c1-6-2-3-7-8(4-6)17-11(16-7)20-9(5-10(18)19)12(13,14)15/h2-4,9H,5H2,1H3,(H,16,17)(H,18,19). The van der Waals surface area contributed by atoms with Gasteiger partial charge in [-0.3, -0.25) is 4.79 Å². The van der Waals surface area contributed by atoms with Crippen molar-refractivity contribution in [2.75, 3.05) is 0 Å². The van der Waals surface area contributed by atoms with Gasteiger partial charge in [-0.1, -0.05) is 17.8 Å². The van der Waals surface area contributed by atoms with Crippen LogP contribution in [0.3, 0.4) is 0 Å². The SMILES string of the molecule is Cc1ccc2nc(SC(CC(=O)O)C(F)(F)F)[nH]c2c1. The van der Waals surface area contributed by atoms with Crippen molar-refractivity contribution in [2.45, 2.75) is 29.9 Å². The van der Waals surface area contributed by atoms with E-state index in [2.05, 4.69) is 9.97 Å². The molecule has 0 aliphatic carbocycles. The van der Waals surface area contributed by atoms with Gasteiger partial charge in [-0.05, 0) is 24.6 Å². The van der Waals surface area contributed by atoms with E-state index >= 15 is 0 Å². The van der Waals surface area contributed by atoms with Gasteiger partial charge in [0.05, 0.1) is 17.5 Å². The number of aromatic nitrogens is 2. The van der Waals surface area contributed by atoms with E-state index in [9.17, 15) is 18.0 Å². The number of rotatable bonds is 4. The Kier molecular flexibility index (Phi) is 3.94. The number of nitrogens with zero attached hydrogens (tertiary/aromatic N) is 1. The fourth-order valence-corrected chi connectivity index (χ4v) is 2.62. The molecular formula is C12H11F3N2O2S.